The van der Waals surface area contributed by atoms with Crippen LogP contribution >= 0.6 is 0 Å². The molecule has 4 rings (SSSR count). The van der Waals surface area contributed by atoms with Gasteiger partial charge in [0.25, 0.3) is 10.0 Å². The zero-order valence-corrected chi connectivity index (χ0v) is 20.3. The highest BCUT2D eigenvalue weighted by atomic mass is 32.2. The fourth-order valence-corrected chi connectivity index (χ4v) is 5.45. The number of ether oxygens (including phenoxy) is 1. The van der Waals surface area contributed by atoms with E-state index in [-0.39, 0.29) is 47.2 Å². The maximum Gasteiger partial charge on any atom is 0.262 e. The minimum absolute atomic E-state index is 0.0110. The first-order chi connectivity index (χ1) is 16.7. The second-order valence-electron chi connectivity index (χ2n) is 8.56. The maximum atomic E-state index is 12.9. The van der Waals surface area contributed by atoms with E-state index in [4.69, 9.17) is 4.74 Å². The molecule has 9 nitrogen and oxygen atoms in total. The largest absolute Gasteiger partial charge is 0.495 e. The summed E-state index contributed by atoms with van der Waals surface area (Å²) in [6.07, 6.45) is 4.83. The van der Waals surface area contributed by atoms with Crippen LogP contribution in [0.25, 0.3) is 0 Å². The number of nitrogens with zero attached hydrogens (tertiary/aromatic N) is 1. The maximum absolute atomic E-state index is 12.9. The first-order valence-corrected chi connectivity index (χ1v) is 12.8. The average molecular weight is 498 g/mol. The summed E-state index contributed by atoms with van der Waals surface area (Å²) in [6.45, 7) is 1.73. The summed E-state index contributed by atoms with van der Waals surface area (Å²) in [4.78, 5) is 38.9. The van der Waals surface area contributed by atoms with Crippen LogP contribution in [0.15, 0.2) is 59.5 Å². The Hall–Kier alpha value is -3.66. The number of carbonyl (C=O) groups excluding carboxylic acids is 3. The Balaban J connectivity index is 1.43. The molecule has 3 amide bonds. The van der Waals surface area contributed by atoms with Crippen LogP contribution in [0.3, 0.4) is 0 Å². The summed E-state index contributed by atoms with van der Waals surface area (Å²) in [5.74, 6) is -1.19. The molecule has 2 aromatic rings. The highest BCUT2D eigenvalue weighted by molar-refractivity contribution is 7.92. The number of carbonyl (C=O) groups is 3. The Morgan fingerprint density at radius 2 is 1.69 bits per heavy atom. The summed E-state index contributed by atoms with van der Waals surface area (Å²) >= 11 is 0. The number of imide groups is 1. The number of sulfonamides is 1. The lowest BCUT2D eigenvalue weighted by atomic mass is 9.85. The van der Waals surface area contributed by atoms with E-state index in [9.17, 15) is 22.8 Å². The van der Waals surface area contributed by atoms with E-state index >= 15 is 0 Å². The lowest BCUT2D eigenvalue weighted by Crippen LogP contribution is -2.34. The van der Waals surface area contributed by atoms with Crippen molar-refractivity contribution in [3.63, 3.8) is 0 Å². The molecule has 1 aliphatic carbocycles. The third-order valence-corrected chi connectivity index (χ3v) is 7.67. The summed E-state index contributed by atoms with van der Waals surface area (Å²) in [5.41, 5.74) is 1.28. The normalized spacial score (nSPS) is 19.4. The van der Waals surface area contributed by atoms with Crippen molar-refractivity contribution in [2.45, 2.75) is 31.1 Å². The number of anilines is 2. The molecule has 2 atom stereocenters. The van der Waals surface area contributed by atoms with Crippen molar-refractivity contribution < 1.29 is 27.5 Å². The molecular formula is C25H27N3O6S. The number of rotatable bonds is 8. The molecule has 1 saturated heterocycles. The van der Waals surface area contributed by atoms with Crippen molar-refractivity contribution in [1.82, 2.24) is 4.90 Å². The lowest BCUT2D eigenvalue weighted by molar-refractivity contribution is -0.140. The van der Waals surface area contributed by atoms with Gasteiger partial charge in [-0.2, -0.15) is 0 Å². The van der Waals surface area contributed by atoms with Crippen LogP contribution in [0.1, 0.15) is 24.8 Å². The number of likely N-dealkylation sites (tertiary alicyclic amines) is 1. The van der Waals surface area contributed by atoms with Crippen LogP contribution in [0.4, 0.5) is 11.4 Å². The van der Waals surface area contributed by atoms with Crippen molar-refractivity contribution in [1.29, 1.82) is 0 Å². The Kier molecular flexibility index (Phi) is 6.93. The molecule has 35 heavy (non-hydrogen) atoms. The van der Waals surface area contributed by atoms with Gasteiger partial charge in [0.1, 0.15) is 5.75 Å². The molecule has 2 aliphatic rings. The van der Waals surface area contributed by atoms with Gasteiger partial charge in [-0.3, -0.25) is 24.0 Å². The van der Waals surface area contributed by atoms with Gasteiger partial charge in [-0.15, -0.1) is 0 Å². The Morgan fingerprint density at radius 1 is 1.03 bits per heavy atom. The monoisotopic (exact) mass is 497 g/mol. The molecule has 2 N–H and O–H groups in total. The second-order valence-corrected chi connectivity index (χ2v) is 10.2. The summed E-state index contributed by atoms with van der Waals surface area (Å²) in [5, 5.41) is 2.71. The third-order valence-electron chi connectivity index (χ3n) is 6.31. The summed E-state index contributed by atoms with van der Waals surface area (Å²) < 4.78 is 33.6. The van der Waals surface area contributed by atoms with E-state index in [2.05, 4.69) is 10.0 Å². The van der Waals surface area contributed by atoms with Crippen LogP contribution in [-0.4, -0.2) is 44.7 Å². The summed E-state index contributed by atoms with van der Waals surface area (Å²) in [7, 11) is -2.51. The van der Waals surface area contributed by atoms with Crippen molar-refractivity contribution in [3.05, 3.63) is 60.2 Å². The molecular weight excluding hydrogens is 470 g/mol. The number of benzene rings is 2. The highest BCUT2D eigenvalue weighted by Crippen LogP contribution is 2.35. The molecule has 0 spiro atoms. The van der Waals surface area contributed by atoms with Gasteiger partial charge in [0.2, 0.25) is 17.7 Å². The SMILES string of the molecule is COc1ccccc1NS(=O)(=O)c1ccc(C)c(NC(=O)CCN2C(=O)C3CC=CCC3C2=O)c1. The van der Waals surface area contributed by atoms with E-state index in [1.165, 1.54) is 24.1 Å². The fraction of sp³-hybridized carbons (Fsp3) is 0.320. The molecule has 1 aliphatic heterocycles. The molecule has 2 aromatic carbocycles. The van der Waals surface area contributed by atoms with E-state index in [0.717, 1.165) is 0 Å². The van der Waals surface area contributed by atoms with Gasteiger partial charge in [-0.05, 0) is 49.6 Å². The molecule has 1 heterocycles. The van der Waals surface area contributed by atoms with Crippen molar-refractivity contribution in [2.75, 3.05) is 23.7 Å². The van der Waals surface area contributed by atoms with Crippen LogP contribution in [-0.2, 0) is 24.4 Å². The number of hydrogen-bond donors (Lipinski definition) is 2. The molecule has 0 bridgehead atoms. The van der Waals surface area contributed by atoms with Crippen molar-refractivity contribution >= 4 is 39.1 Å². The fourth-order valence-electron chi connectivity index (χ4n) is 4.35. The van der Waals surface area contributed by atoms with Crippen molar-refractivity contribution in [2.24, 2.45) is 11.8 Å². The van der Waals surface area contributed by atoms with Crippen molar-refractivity contribution in [3.8, 4) is 5.75 Å². The van der Waals surface area contributed by atoms with Crippen LogP contribution < -0.4 is 14.8 Å². The summed E-state index contributed by atoms with van der Waals surface area (Å²) in [6, 6.07) is 11.0. The zero-order valence-electron chi connectivity index (χ0n) is 19.5. The second kappa shape index (κ2) is 9.91. The minimum Gasteiger partial charge on any atom is -0.495 e. The molecule has 0 radical (unpaired) electrons. The lowest BCUT2D eigenvalue weighted by Gasteiger charge is -2.16. The Bertz CT molecular complexity index is 1280. The number of amides is 3. The predicted molar refractivity (Wildman–Crippen MR) is 130 cm³/mol. The van der Waals surface area contributed by atoms with Gasteiger partial charge in [-0.25, -0.2) is 8.42 Å². The molecule has 1 fully saturated rings. The smallest absolute Gasteiger partial charge is 0.262 e. The van der Waals surface area contributed by atoms with E-state index in [0.29, 0.717) is 29.8 Å². The van der Waals surface area contributed by atoms with Gasteiger partial charge >= 0.3 is 0 Å². The topological polar surface area (TPSA) is 122 Å². The van der Waals surface area contributed by atoms with Gasteiger partial charge in [-0.1, -0.05) is 30.4 Å². The van der Waals surface area contributed by atoms with Crippen LogP contribution in [0.2, 0.25) is 0 Å². The molecule has 184 valence electrons. The predicted octanol–water partition coefficient (Wildman–Crippen LogP) is 3.08. The van der Waals surface area contributed by atoms with E-state index in [1.54, 1.807) is 37.3 Å². The Labute approximate surface area is 204 Å². The zero-order chi connectivity index (χ0) is 25.2. The molecule has 0 aromatic heterocycles. The number of fused-ring (bicyclic) bond motifs is 1. The number of methoxy groups -OCH3 is 1. The minimum atomic E-state index is -3.96. The van der Waals surface area contributed by atoms with Gasteiger partial charge in [0.05, 0.1) is 29.5 Å². The first kappa shape index (κ1) is 24.5. The number of allylic oxidation sites excluding steroid dienone is 2. The van der Waals surface area contributed by atoms with E-state index in [1.807, 2.05) is 12.2 Å². The Morgan fingerprint density at radius 3 is 2.34 bits per heavy atom. The number of aryl methyl sites for hydroxylation is 1. The molecule has 10 heteroatoms. The molecule has 2 unspecified atom stereocenters. The quantitative estimate of drug-likeness (QED) is 0.427. The first-order valence-electron chi connectivity index (χ1n) is 11.3. The van der Waals surface area contributed by atoms with Crippen LogP contribution in [0.5, 0.6) is 5.75 Å². The highest BCUT2D eigenvalue weighted by Gasteiger charge is 2.46. The third kappa shape index (κ3) is 5.07. The van der Waals surface area contributed by atoms with Crippen LogP contribution in [0, 0.1) is 18.8 Å². The van der Waals surface area contributed by atoms with Gasteiger partial charge in [0.15, 0.2) is 0 Å². The standard InChI is InChI=1S/C25H27N3O6S/c1-16-11-12-17(35(32,33)27-20-9-5-6-10-22(20)34-2)15-21(16)26-23(29)13-14-28-24(30)18-7-3-4-8-19(18)25(28)31/h3-6,9-12,15,18-19,27H,7-8,13-14H2,1-2H3,(H,26,29). The average Bonchev–Trinajstić information content (AvgIpc) is 3.08. The number of nitrogens with one attached hydrogen (secondary N) is 2. The number of hydrogen-bond acceptors (Lipinski definition) is 6. The number of para-hydroxylation sites is 2. The van der Waals surface area contributed by atoms with Gasteiger partial charge < -0.3 is 10.1 Å². The molecule has 0 saturated carbocycles. The van der Waals surface area contributed by atoms with Gasteiger partial charge in [0, 0.05) is 18.7 Å². The van der Waals surface area contributed by atoms with E-state index < -0.39 is 15.9 Å².